The summed E-state index contributed by atoms with van der Waals surface area (Å²) in [5, 5.41) is 17.3. The summed E-state index contributed by atoms with van der Waals surface area (Å²) in [5.74, 6) is 0.320. The number of carbonyl (C=O) groups is 1. The SMILES string of the molecule is Cc1nn(C)c2ncc(NC(=O)N3CCC(CO)CC3)cc12. The van der Waals surface area contributed by atoms with Crippen molar-refractivity contribution in [2.45, 2.75) is 19.8 Å². The van der Waals surface area contributed by atoms with Crippen LogP contribution in [0.25, 0.3) is 11.0 Å². The van der Waals surface area contributed by atoms with Crippen LogP contribution in [0.15, 0.2) is 12.3 Å². The number of aromatic nitrogens is 3. The Morgan fingerprint density at radius 3 is 2.86 bits per heavy atom. The van der Waals surface area contributed by atoms with E-state index in [0.717, 1.165) is 29.6 Å². The number of nitrogens with zero attached hydrogens (tertiary/aromatic N) is 4. The van der Waals surface area contributed by atoms with E-state index in [9.17, 15) is 4.79 Å². The Balaban J connectivity index is 1.70. The van der Waals surface area contributed by atoms with Crippen molar-refractivity contribution in [2.24, 2.45) is 13.0 Å². The molecule has 0 atom stereocenters. The van der Waals surface area contributed by atoms with Gasteiger partial charge in [0.05, 0.1) is 17.6 Å². The highest BCUT2D eigenvalue weighted by molar-refractivity contribution is 5.92. The average Bonchev–Trinajstić information content (AvgIpc) is 2.81. The van der Waals surface area contributed by atoms with Crippen LogP contribution in [0.2, 0.25) is 0 Å². The Hall–Kier alpha value is -2.15. The van der Waals surface area contributed by atoms with Gasteiger partial charge >= 0.3 is 6.03 Å². The van der Waals surface area contributed by atoms with Crippen molar-refractivity contribution < 1.29 is 9.90 Å². The molecule has 22 heavy (non-hydrogen) atoms. The molecule has 0 spiro atoms. The molecule has 3 rings (SSSR count). The maximum Gasteiger partial charge on any atom is 0.321 e. The van der Waals surface area contributed by atoms with Crippen molar-refractivity contribution in [3.63, 3.8) is 0 Å². The van der Waals surface area contributed by atoms with Gasteiger partial charge in [0.15, 0.2) is 5.65 Å². The third kappa shape index (κ3) is 2.76. The molecule has 0 aromatic carbocycles. The number of rotatable bonds is 2. The summed E-state index contributed by atoms with van der Waals surface area (Å²) in [6.07, 6.45) is 3.35. The van der Waals surface area contributed by atoms with Crippen LogP contribution < -0.4 is 5.32 Å². The van der Waals surface area contributed by atoms with Crippen LogP contribution in [0.4, 0.5) is 10.5 Å². The molecule has 118 valence electrons. The van der Waals surface area contributed by atoms with Crippen molar-refractivity contribution in [1.29, 1.82) is 0 Å². The largest absolute Gasteiger partial charge is 0.396 e. The summed E-state index contributed by atoms with van der Waals surface area (Å²) in [4.78, 5) is 18.4. The maximum atomic E-state index is 12.3. The van der Waals surface area contributed by atoms with Gasteiger partial charge in [-0.25, -0.2) is 9.78 Å². The predicted molar refractivity (Wildman–Crippen MR) is 83.6 cm³/mol. The molecular weight excluding hydrogens is 282 g/mol. The van der Waals surface area contributed by atoms with Crippen LogP contribution in [-0.2, 0) is 7.05 Å². The van der Waals surface area contributed by atoms with Gasteiger partial charge in [-0.15, -0.1) is 0 Å². The molecule has 3 heterocycles. The van der Waals surface area contributed by atoms with Crippen molar-refractivity contribution in [3.8, 4) is 0 Å². The number of urea groups is 1. The Kier molecular flexibility index (Phi) is 3.98. The molecule has 0 unspecified atom stereocenters. The molecule has 2 amide bonds. The number of nitrogens with one attached hydrogen (secondary N) is 1. The zero-order valence-electron chi connectivity index (χ0n) is 12.9. The molecule has 1 aliphatic heterocycles. The monoisotopic (exact) mass is 303 g/mol. The van der Waals surface area contributed by atoms with E-state index in [1.807, 2.05) is 20.0 Å². The van der Waals surface area contributed by atoms with Crippen molar-refractivity contribution >= 4 is 22.8 Å². The standard InChI is InChI=1S/C15H21N5O2/c1-10-13-7-12(8-16-14(13)19(2)18-10)17-15(22)20-5-3-11(9-21)4-6-20/h7-8,11,21H,3-6,9H2,1-2H3,(H,17,22). The van der Waals surface area contributed by atoms with Gasteiger partial charge in [0.2, 0.25) is 0 Å². The van der Waals surface area contributed by atoms with Gasteiger partial charge in [0, 0.05) is 32.1 Å². The first kappa shape index (κ1) is 14.8. The van der Waals surface area contributed by atoms with Gasteiger partial charge in [-0.2, -0.15) is 5.10 Å². The zero-order valence-corrected chi connectivity index (χ0v) is 12.9. The summed E-state index contributed by atoms with van der Waals surface area (Å²) >= 11 is 0. The Morgan fingerprint density at radius 1 is 1.45 bits per heavy atom. The second kappa shape index (κ2) is 5.92. The second-order valence-corrected chi connectivity index (χ2v) is 5.85. The minimum absolute atomic E-state index is 0.112. The number of hydrogen-bond acceptors (Lipinski definition) is 4. The number of piperidine rings is 1. The third-order valence-electron chi connectivity index (χ3n) is 4.27. The highest BCUT2D eigenvalue weighted by Crippen LogP contribution is 2.21. The molecule has 7 heteroatoms. The van der Waals surface area contributed by atoms with Crippen LogP contribution >= 0.6 is 0 Å². The number of likely N-dealkylation sites (tertiary alicyclic amines) is 1. The number of aliphatic hydroxyl groups is 1. The first-order valence-electron chi connectivity index (χ1n) is 7.54. The minimum atomic E-state index is -0.112. The summed E-state index contributed by atoms with van der Waals surface area (Å²) in [6.45, 7) is 3.49. The molecular formula is C15H21N5O2. The highest BCUT2D eigenvalue weighted by Gasteiger charge is 2.22. The van der Waals surface area contributed by atoms with Crippen molar-refractivity contribution in [1.82, 2.24) is 19.7 Å². The lowest BCUT2D eigenvalue weighted by Gasteiger charge is -2.31. The lowest BCUT2D eigenvalue weighted by atomic mass is 9.98. The van der Waals surface area contributed by atoms with Gasteiger partial charge in [0.25, 0.3) is 0 Å². The smallest absolute Gasteiger partial charge is 0.321 e. The van der Waals surface area contributed by atoms with Gasteiger partial charge in [-0.1, -0.05) is 0 Å². The fraction of sp³-hybridized carbons (Fsp3) is 0.533. The van der Waals surface area contributed by atoms with E-state index in [0.29, 0.717) is 24.7 Å². The van der Waals surface area contributed by atoms with Crippen LogP contribution in [0.5, 0.6) is 0 Å². The Bertz CT molecular complexity index is 689. The van der Waals surface area contributed by atoms with Gasteiger partial charge in [-0.05, 0) is 31.7 Å². The molecule has 2 aromatic rings. The molecule has 0 bridgehead atoms. The molecule has 1 aliphatic rings. The maximum absolute atomic E-state index is 12.3. The summed E-state index contributed by atoms with van der Waals surface area (Å²) in [7, 11) is 1.85. The molecule has 2 aromatic heterocycles. The number of hydrogen-bond donors (Lipinski definition) is 2. The number of pyridine rings is 1. The molecule has 1 fully saturated rings. The topological polar surface area (TPSA) is 83.3 Å². The summed E-state index contributed by atoms with van der Waals surface area (Å²) in [6, 6.07) is 1.79. The number of fused-ring (bicyclic) bond motifs is 1. The summed E-state index contributed by atoms with van der Waals surface area (Å²) in [5.41, 5.74) is 2.38. The quantitative estimate of drug-likeness (QED) is 0.881. The van der Waals surface area contributed by atoms with Crippen LogP contribution in [0, 0.1) is 12.8 Å². The summed E-state index contributed by atoms with van der Waals surface area (Å²) < 4.78 is 1.73. The number of carbonyl (C=O) groups excluding carboxylic acids is 1. The fourth-order valence-corrected chi connectivity index (χ4v) is 2.90. The predicted octanol–water partition coefficient (Wildman–Crippen LogP) is 1.51. The van der Waals surface area contributed by atoms with Gasteiger partial charge in [0.1, 0.15) is 0 Å². The van der Waals surface area contributed by atoms with E-state index < -0.39 is 0 Å². The molecule has 0 saturated carbocycles. The van der Waals surface area contributed by atoms with E-state index >= 15 is 0 Å². The molecule has 0 radical (unpaired) electrons. The highest BCUT2D eigenvalue weighted by atomic mass is 16.3. The third-order valence-corrected chi connectivity index (χ3v) is 4.27. The molecule has 0 aliphatic carbocycles. The lowest BCUT2D eigenvalue weighted by Crippen LogP contribution is -2.41. The first-order valence-corrected chi connectivity index (χ1v) is 7.54. The number of anilines is 1. The number of aliphatic hydroxyl groups excluding tert-OH is 1. The van der Waals surface area contributed by atoms with Crippen molar-refractivity contribution in [3.05, 3.63) is 18.0 Å². The molecule has 7 nitrogen and oxygen atoms in total. The van der Waals surface area contributed by atoms with Crippen LogP contribution in [0.1, 0.15) is 18.5 Å². The van der Waals surface area contributed by atoms with E-state index in [4.69, 9.17) is 5.11 Å². The van der Waals surface area contributed by atoms with Crippen LogP contribution in [-0.4, -0.2) is 50.5 Å². The normalized spacial score (nSPS) is 16.2. The van der Waals surface area contributed by atoms with E-state index in [-0.39, 0.29) is 12.6 Å². The second-order valence-electron chi connectivity index (χ2n) is 5.85. The van der Waals surface area contributed by atoms with Crippen molar-refractivity contribution in [2.75, 3.05) is 25.0 Å². The fourth-order valence-electron chi connectivity index (χ4n) is 2.90. The average molecular weight is 303 g/mol. The Morgan fingerprint density at radius 2 is 2.18 bits per heavy atom. The lowest BCUT2D eigenvalue weighted by molar-refractivity contribution is 0.143. The Labute approximate surface area is 128 Å². The minimum Gasteiger partial charge on any atom is -0.396 e. The van der Waals surface area contributed by atoms with E-state index in [2.05, 4.69) is 15.4 Å². The molecule has 1 saturated heterocycles. The van der Waals surface area contributed by atoms with E-state index in [1.165, 1.54) is 0 Å². The first-order chi connectivity index (χ1) is 10.6. The van der Waals surface area contributed by atoms with Crippen LogP contribution in [0.3, 0.4) is 0 Å². The van der Waals surface area contributed by atoms with Gasteiger partial charge < -0.3 is 15.3 Å². The molecule has 2 N–H and O–H groups in total. The number of aryl methyl sites for hydroxylation is 2. The number of amides is 2. The van der Waals surface area contributed by atoms with E-state index in [1.54, 1.807) is 15.8 Å². The van der Waals surface area contributed by atoms with Gasteiger partial charge in [-0.3, -0.25) is 4.68 Å². The zero-order chi connectivity index (χ0) is 15.7.